The van der Waals surface area contributed by atoms with Gasteiger partial charge in [0.1, 0.15) is 6.17 Å². The zero-order chi connectivity index (χ0) is 8.70. The molecule has 1 atom stereocenters. The SMILES string of the molecule is CC1(C)CCC(F)C(C)(C)C1. The monoisotopic (exact) mass is 158 g/mol. The molecule has 0 aliphatic heterocycles. The zero-order valence-corrected chi connectivity index (χ0v) is 8.08. The van der Waals surface area contributed by atoms with Gasteiger partial charge in [0, 0.05) is 0 Å². The van der Waals surface area contributed by atoms with Gasteiger partial charge in [-0.05, 0) is 30.1 Å². The molecule has 1 fully saturated rings. The molecule has 0 bridgehead atoms. The first-order valence-electron chi connectivity index (χ1n) is 4.48. The number of halogens is 1. The Morgan fingerprint density at radius 1 is 1.18 bits per heavy atom. The normalized spacial score (nSPS) is 35.2. The van der Waals surface area contributed by atoms with Gasteiger partial charge in [-0.2, -0.15) is 0 Å². The third-order valence-corrected chi connectivity index (χ3v) is 2.86. The summed E-state index contributed by atoms with van der Waals surface area (Å²) in [5.41, 5.74) is 0.258. The molecular formula is C10H19F. The Morgan fingerprint density at radius 2 is 1.73 bits per heavy atom. The molecular weight excluding hydrogens is 139 g/mol. The van der Waals surface area contributed by atoms with E-state index in [-0.39, 0.29) is 5.41 Å². The lowest BCUT2D eigenvalue weighted by atomic mass is 9.64. The minimum absolute atomic E-state index is 0.0955. The largest absolute Gasteiger partial charge is 0.247 e. The van der Waals surface area contributed by atoms with Crippen LogP contribution in [0.3, 0.4) is 0 Å². The number of hydrogen-bond acceptors (Lipinski definition) is 0. The topological polar surface area (TPSA) is 0 Å². The van der Waals surface area contributed by atoms with Crippen LogP contribution in [0.15, 0.2) is 0 Å². The van der Waals surface area contributed by atoms with E-state index in [0.717, 1.165) is 19.3 Å². The number of rotatable bonds is 0. The number of alkyl halides is 1. The van der Waals surface area contributed by atoms with Crippen molar-refractivity contribution in [3.63, 3.8) is 0 Å². The second kappa shape index (κ2) is 2.46. The molecule has 0 heterocycles. The van der Waals surface area contributed by atoms with E-state index in [1.165, 1.54) is 0 Å². The molecule has 11 heavy (non-hydrogen) atoms. The van der Waals surface area contributed by atoms with Gasteiger partial charge in [-0.25, -0.2) is 4.39 Å². The summed E-state index contributed by atoms with van der Waals surface area (Å²) in [5, 5.41) is 0. The van der Waals surface area contributed by atoms with Gasteiger partial charge in [-0.1, -0.05) is 27.7 Å². The van der Waals surface area contributed by atoms with Crippen LogP contribution in [0, 0.1) is 10.8 Å². The van der Waals surface area contributed by atoms with E-state index in [2.05, 4.69) is 13.8 Å². The summed E-state index contributed by atoms with van der Waals surface area (Å²) in [5.74, 6) is 0. The Balaban J connectivity index is 2.67. The van der Waals surface area contributed by atoms with Gasteiger partial charge in [0.15, 0.2) is 0 Å². The van der Waals surface area contributed by atoms with Crippen LogP contribution in [-0.2, 0) is 0 Å². The average Bonchev–Trinajstić information content (AvgIpc) is 1.77. The predicted octanol–water partition coefficient (Wildman–Crippen LogP) is 3.56. The van der Waals surface area contributed by atoms with Crippen molar-refractivity contribution in [1.82, 2.24) is 0 Å². The highest BCUT2D eigenvalue weighted by atomic mass is 19.1. The van der Waals surface area contributed by atoms with Gasteiger partial charge in [-0.15, -0.1) is 0 Å². The molecule has 0 aromatic carbocycles. The molecule has 1 unspecified atom stereocenters. The van der Waals surface area contributed by atoms with E-state index in [4.69, 9.17) is 0 Å². The lowest BCUT2D eigenvalue weighted by Crippen LogP contribution is -2.37. The third-order valence-electron chi connectivity index (χ3n) is 2.86. The maximum absolute atomic E-state index is 13.3. The summed E-state index contributed by atoms with van der Waals surface area (Å²) in [6, 6.07) is 0. The van der Waals surface area contributed by atoms with Crippen molar-refractivity contribution in [3.8, 4) is 0 Å². The van der Waals surface area contributed by atoms with E-state index in [1.807, 2.05) is 13.8 Å². The maximum atomic E-state index is 13.3. The molecule has 0 radical (unpaired) electrons. The molecule has 0 nitrogen and oxygen atoms in total. The molecule has 0 spiro atoms. The Labute approximate surface area is 69.2 Å². The highest BCUT2D eigenvalue weighted by Crippen LogP contribution is 2.46. The highest BCUT2D eigenvalue weighted by Gasteiger charge is 2.40. The first kappa shape index (κ1) is 9.02. The molecule has 1 heteroatoms. The summed E-state index contributed by atoms with van der Waals surface area (Å²) in [6.45, 7) is 8.55. The zero-order valence-electron chi connectivity index (χ0n) is 8.08. The van der Waals surface area contributed by atoms with Crippen LogP contribution in [0.25, 0.3) is 0 Å². The van der Waals surface area contributed by atoms with Crippen LogP contribution in [-0.4, -0.2) is 6.17 Å². The summed E-state index contributed by atoms with van der Waals surface area (Å²) in [6.07, 6.45) is 2.22. The van der Waals surface area contributed by atoms with Gasteiger partial charge < -0.3 is 0 Å². The van der Waals surface area contributed by atoms with Gasteiger partial charge in [-0.3, -0.25) is 0 Å². The van der Waals surface area contributed by atoms with Gasteiger partial charge in [0.2, 0.25) is 0 Å². The Hall–Kier alpha value is -0.0700. The quantitative estimate of drug-likeness (QED) is 0.505. The van der Waals surface area contributed by atoms with E-state index in [0.29, 0.717) is 5.41 Å². The van der Waals surface area contributed by atoms with Crippen molar-refractivity contribution >= 4 is 0 Å². The van der Waals surface area contributed by atoms with Crippen molar-refractivity contribution < 1.29 is 4.39 Å². The minimum atomic E-state index is -0.587. The molecule has 1 saturated carbocycles. The van der Waals surface area contributed by atoms with E-state index in [9.17, 15) is 4.39 Å². The van der Waals surface area contributed by atoms with Crippen LogP contribution >= 0.6 is 0 Å². The molecule has 0 aromatic rings. The highest BCUT2D eigenvalue weighted by molar-refractivity contribution is 4.90. The lowest BCUT2D eigenvalue weighted by Gasteiger charge is -2.42. The first-order valence-corrected chi connectivity index (χ1v) is 4.48. The standard InChI is InChI=1S/C10H19F/c1-9(2)6-5-8(11)10(3,4)7-9/h8H,5-7H2,1-4H3. The molecule has 1 aliphatic carbocycles. The summed E-state index contributed by atoms with van der Waals surface area (Å²) in [7, 11) is 0. The first-order chi connectivity index (χ1) is 4.83. The summed E-state index contributed by atoms with van der Waals surface area (Å²) < 4.78 is 13.3. The average molecular weight is 158 g/mol. The lowest BCUT2D eigenvalue weighted by molar-refractivity contribution is 0.0227. The molecule has 1 aliphatic rings. The van der Waals surface area contributed by atoms with Gasteiger partial charge >= 0.3 is 0 Å². The summed E-state index contributed by atoms with van der Waals surface area (Å²) in [4.78, 5) is 0. The van der Waals surface area contributed by atoms with Gasteiger partial charge in [0.05, 0.1) is 0 Å². The minimum Gasteiger partial charge on any atom is -0.247 e. The fraction of sp³-hybridized carbons (Fsp3) is 1.00. The van der Waals surface area contributed by atoms with Crippen LogP contribution in [0.5, 0.6) is 0 Å². The Morgan fingerprint density at radius 3 is 2.09 bits per heavy atom. The Bertz CT molecular complexity index is 147. The molecule has 0 N–H and O–H groups in total. The maximum Gasteiger partial charge on any atom is 0.105 e. The molecule has 0 saturated heterocycles. The van der Waals surface area contributed by atoms with Crippen molar-refractivity contribution in [2.24, 2.45) is 10.8 Å². The smallest absolute Gasteiger partial charge is 0.105 e. The molecule has 0 amide bonds. The molecule has 1 rings (SSSR count). The fourth-order valence-corrected chi connectivity index (χ4v) is 2.34. The van der Waals surface area contributed by atoms with Gasteiger partial charge in [0.25, 0.3) is 0 Å². The predicted molar refractivity (Wildman–Crippen MR) is 46.3 cm³/mol. The fourth-order valence-electron chi connectivity index (χ4n) is 2.34. The van der Waals surface area contributed by atoms with Crippen LogP contribution in [0.1, 0.15) is 47.0 Å². The van der Waals surface area contributed by atoms with Crippen molar-refractivity contribution in [2.45, 2.75) is 53.1 Å². The van der Waals surface area contributed by atoms with Crippen molar-refractivity contribution in [1.29, 1.82) is 0 Å². The van der Waals surface area contributed by atoms with Crippen LogP contribution in [0.2, 0.25) is 0 Å². The number of hydrogen-bond donors (Lipinski definition) is 0. The molecule has 66 valence electrons. The third kappa shape index (κ3) is 1.94. The van der Waals surface area contributed by atoms with E-state index in [1.54, 1.807) is 0 Å². The second-order valence-electron chi connectivity index (χ2n) is 5.34. The second-order valence-corrected chi connectivity index (χ2v) is 5.34. The van der Waals surface area contributed by atoms with Crippen LogP contribution in [0.4, 0.5) is 4.39 Å². The summed E-state index contributed by atoms with van der Waals surface area (Å²) >= 11 is 0. The molecule has 0 aromatic heterocycles. The van der Waals surface area contributed by atoms with Crippen molar-refractivity contribution in [2.75, 3.05) is 0 Å². The Kier molecular flexibility index (Phi) is 2.02. The van der Waals surface area contributed by atoms with Crippen molar-refractivity contribution in [3.05, 3.63) is 0 Å². The van der Waals surface area contributed by atoms with Crippen LogP contribution < -0.4 is 0 Å². The van der Waals surface area contributed by atoms with E-state index >= 15 is 0 Å². The van der Waals surface area contributed by atoms with E-state index < -0.39 is 6.17 Å².